The highest BCUT2D eigenvalue weighted by atomic mass is 32.1. The van der Waals surface area contributed by atoms with E-state index in [1.54, 1.807) is 32.6 Å². The molecule has 178 valence electrons. The third kappa shape index (κ3) is 4.67. The summed E-state index contributed by atoms with van der Waals surface area (Å²) in [4.78, 5) is 31.3. The molecule has 3 aromatic rings. The summed E-state index contributed by atoms with van der Waals surface area (Å²) in [6, 6.07) is 3.93. The molecule has 1 aliphatic heterocycles. The molecule has 1 saturated heterocycles. The lowest BCUT2D eigenvalue weighted by molar-refractivity contribution is 0.0951. The van der Waals surface area contributed by atoms with E-state index in [2.05, 4.69) is 22.2 Å². The standard InChI is InChI=1S/C23H31N4O4PS/c1-6-24-22(28)17-10-15-16(12-27(3)23(29)20(15)25-17)21-18(11-19(33-21)32(4,5)30)31-13-14-8-7-9-26(14)2/h10-12,14,25H,6-9,13H2,1-5H3,(H,24,28). The third-order valence-corrected chi connectivity index (χ3v) is 9.85. The van der Waals surface area contributed by atoms with Crippen LogP contribution in [0.25, 0.3) is 21.3 Å². The zero-order valence-electron chi connectivity index (χ0n) is 19.7. The second kappa shape index (κ2) is 9.12. The highest BCUT2D eigenvalue weighted by molar-refractivity contribution is 7.75. The maximum atomic E-state index is 12.9. The van der Waals surface area contributed by atoms with Gasteiger partial charge in [-0.15, -0.1) is 11.3 Å². The Hall–Kier alpha value is -2.35. The molecule has 1 atom stereocenters. The van der Waals surface area contributed by atoms with Gasteiger partial charge < -0.3 is 29.1 Å². The number of nitrogens with one attached hydrogen (secondary N) is 2. The number of H-pyrrole nitrogens is 1. The minimum absolute atomic E-state index is 0.215. The number of nitrogens with zero attached hydrogens (tertiary/aromatic N) is 2. The normalized spacial score (nSPS) is 17.1. The van der Waals surface area contributed by atoms with Crippen LogP contribution in [0.2, 0.25) is 0 Å². The van der Waals surface area contributed by atoms with Crippen molar-refractivity contribution in [2.24, 2.45) is 7.05 Å². The molecule has 1 unspecified atom stereocenters. The summed E-state index contributed by atoms with van der Waals surface area (Å²) in [5.41, 5.74) is 1.26. The summed E-state index contributed by atoms with van der Waals surface area (Å²) in [5.74, 6) is 0.404. The number of hydrogen-bond donors (Lipinski definition) is 2. The molecule has 1 amide bonds. The van der Waals surface area contributed by atoms with Gasteiger partial charge in [0.15, 0.2) is 0 Å². The van der Waals surface area contributed by atoms with Gasteiger partial charge in [-0.05, 0) is 52.8 Å². The van der Waals surface area contributed by atoms with Crippen molar-refractivity contribution in [1.82, 2.24) is 19.8 Å². The van der Waals surface area contributed by atoms with Crippen LogP contribution in [0.4, 0.5) is 0 Å². The first kappa shape index (κ1) is 23.8. The molecule has 3 aromatic heterocycles. The van der Waals surface area contributed by atoms with E-state index in [0.717, 1.165) is 34.4 Å². The Morgan fingerprint density at radius 2 is 2.09 bits per heavy atom. The van der Waals surface area contributed by atoms with Crippen LogP contribution >= 0.6 is 18.5 Å². The van der Waals surface area contributed by atoms with Crippen molar-refractivity contribution < 1.29 is 14.1 Å². The van der Waals surface area contributed by atoms with Crippen LogP contribution in [0.15, 0.2) is 23.1 Å². The number of fused-ring (bicyclic) bond motifs is 1. The van der Waals surface area contributed by atoms with Gasteiger partial charge >= 0.3 is 0 Å². The maximum absolute atomic E-state index is 12.9. The minimum Gasteiger partial charge on any atom is -0.490 e. The number of aromatic amines is 1. The fourth-order valence-corrected chi connectivity index (χ4v) is 6.64. The predicted molar refractivity (Wildman–Crippen MR) is 135 cm³/mol. The van der Waals surface area contributed by atoms with Gasteiger partial charge in [0.05, 0.1) is 9.50 Å². The zero-order valence-corrected chi connectivity index (χ0v) is 21.4. The molecule has 10 heteroatoms. The fraction of sp³-hybridized carbons (Fsp3) is 0.478. The third-order valence-electron chi connectivity index (χ3n) is 6.11. The molecule has 4 rings (SSSR count). The summed E-state index contributed by atoms with van der Waals surface area (Å²) in [7, 11) is 1.27. The molecule has 33 heavy (non-hydrogen) atoms. The first-order valence-corrected chi connectivity index (χ1v) is 14.5. The van der Waals surface area contributed by atoms with E-state index in [1.807, 2.05) is 13.0 Å². The Balaban J connectivity index is 1.84. The second-order valence-corrected chi connectivity index (χ2v) is 13.5. The van der Waals surface area contributed by atoms with Crippen LogP contribution in [-0.2, 0) is 11.6 Å². The number of amides is 1. The molecule has 4 heterocycles. The molecule has 2 N–H and O–H groups in total. The quantitative estimate of drug-likeness (QED) is 0.497. The molecule has 0 bridgehead atoms. The SMILES string of the molecule is CCNC(=O)c1cc2c(-c3sc(P(C)(C)=O)cc3OCC3CCCN3C)cn(C)c(=O)c2[nH]1. The van der Waals surface area contributed by atoms with E-state index < -0.39 is 7.14 Å². The lowest BCUT2D eigenvalue weighted by Crippen LogP contribution is -2.30. The number of rotatable bonds is 7. The van der Waals surface area contributed by atoms with Gasteiger partial charge in [-0.25, -0.2) is 0 Å². The van der Waals surface area contributed by atoms with Crippen LogP contribution in [0.3, 0.4) is 0 Å². The molecule has 8 nitrogen and oxygen atoms in total. The summed E-state index contributed by atoms with van der Waals surface area (Å²) < 4.78 is 21.5. The number of aryl methyl sites for hydroxylation is 1. The molecule has 1 aliphatic rings. The van der Waals surface area contributed by atoms with Crippen LogP contribution < -0.4 is 20.2 Å². The lowest BCUT2D eigenvalue weighted by Gasteiger charge is -2.20. The Morgan fingerprint density at radius 1 is 1.33 bits per heavy atom. The van der Waals surface area contributed by atoms with Crippen molar-refractivity contribution in [1.29, 1.82) is 0 Å². The van der Waals surface area contributed by atoms with Gasteiger partial charge in [0.2, 0.25) is 0 Å². The molecular formula is C23H31N4O4PS. The number of likely N-dealkylation sites (N-methyl/N-ethyl adjacent to an activating group) is 1. The Kier molecular flexibility index (Phi) is 6.58. The summed E-state index contributed by atoms with van der Waals surface area (Å²) >= 11 is 1.43. The molecule has 0 spiro atoms. The molecule has 0 aliphatic carbocycles. The smallest absolute Gasteiger partial charge is 0.274 e. The van der Waals surface area contributed by atoms with Gasteiger partial charge in [0.25, 0.3) is 11.5 Å². The molecule has 0 radical (unpaired) electrons. The van der Waals surface area contributed by atoms with Crippen molar-refractivity contribution >= 4 is 39.9 Å². The summed E-state index contributed by atoms with van der Waals surface area (Å²) in [6.07, 6.45) is 4.00. The van der Waals surface area contributed by atoms with Crippen LogP contribution in [0.5, 0.6) is 5.75 Å². The summed E-state index contributed by atoms with van der Waals surface area (Å²) in [6.45, 7) is 7.43. The summed E-state index contributed by atoms with van der Waals surface area (Å²) in [5, 5.41) is 3.42. The van der Waals surface area contributed by atoms with E-state index in [1.165, 1.54) is 15.9 Å². The van der Waals surface area contributed by atoms with Gasteiger partial charge in [0.1, 0.15) is 30.7 Å². The number of likely N-dealkylation sites (tertiary alicyclic amines) is 1. The lowest BCUT2D eigenvalue weighted by atomic mass is 10.1. The Morgan fingerprint density at radius 3 is 2.73 bits per heavy atom. The number of ether oxygens (including phenoxy) is 1. The van der Waals surface area contributed by atoms with Gasteiger partial charge in [-0.2, -0.15) is 0 Å². The van der Waals surface area contributed by atoms with Crippen molar-refractivity contribution in [2.45, 2.75) is 25.8 Å². The van der Waals surface area contributed by atoms with Crippen LogP contribution in [0.1, 0.15) is 30.3 Å². The van der Waals surface area contributed by atoms with Crippen LogP contribution in [0, 0.1) is 0 Å². The minimum atomic E-state index is -2.52. The van der Waals surface area contributed by atoms with Crippen LogP contribution in [-0.4, -0.2) is 66.5 Å². The average molecular weight is 491 g/mol. The number of pyridine rings is 1. The van der Waals surface area contributed by atoms with E-state index >= 15 is 0 Å². The zero-order chi connectivity index (χ0) is 23.9. The van der Waals surface area contributed by atoms with Crippen molar-refractivity contribution in [3.8, 4) is 16.2 Å². The fourth-order valence-electron chi connectivity index (χ4n) is 4.19. The van der Waals surface area contributed by atoms with E-state index in [-0.39, 0.29) is 11.5 Å². The number of thiophene rings is 1. The number of hydrogen-bond acceptors (Lipinski definition) is 6. The highest BCUT2D eigenvalue weighted by Gasteiger charge is 2.26. The first-order chi connectivity index (χ1) is 15.6. The van der Waals surface area contributed by atoms with Crippen molar-refractivity contribution in [3.63, 3.8) is 0 Å². The Bertz CT molecular complexity index is 1300. The largest absolute Gasteiger partial charge is 0.490 e. The average Bonchev–Trinajstić information content (AvgIpc) is 3.47. The highest BCUT2D eigenvalue weighted by Crippen LogP contribution is 2.46. The molecular weight excluding hydrogens is 459 g/mol. The first-order valence-electron chi connectivity index (χ1n) is 11.1. The van der Waals surface area contributed by atoms with Gasteiger partial charge in [-0.1, -0.05) is 0 Å². The second-order valence-electron chi connectivity index (χ2n) is 9.01. The number of aromatic nitrogens is 2. The van der Waals surface area contributed by atoms with Crippen molar-refractivity contribution in [2.75, 3.05) is 40.1 Å². The monoisotopic (exact) mass is 490 g/mol. The number of carbonyl (C=O) groups excluding carboxylic acids is 1. The number of carbonyl (C=O) groups is 1. The van der Waals surface area contributed by atoms with E-state index in [0.29, 0.717) is 41.5 Å². The topological polar surface area (TPSA) is 96.4 Å². The Labute approximate surface area is 197 Å². The van der Waals surface area contributed by atoms with E-state index in [9.17, 15) is 14.2 Å². The van der Waals surface area contributed by atoms with Crippen molar-refractivity contribution in [3.05, 3.63) is 34.4 Å². The maximum Gasteiger partial charge on any atom is 0.274 e. The van der Waals surface area contributed by atoms with E-state index in [4.69, 9.17) is 4.74 Å². The molecule has 0 saturated carbocycles. The predicted octanol–water partition coefficient (Wildman–Crippen LogP) is 3.07. The molecule has 0 aromatic carbocycles. The molecule has 1 fully saturated rings. The van der Waals surface area contributed by atoms with Gasteiger partial charge in [-0.3, -0.25) is 9.59 Å². The van der Waals surface area contributed by atoms with Gasteiger partial charge in [0, 0.05) is 42.8 Å².